The maximum atomic E-state index is 13.9. The molecule has 2 aromatic carbocycles. The fourth-order valence-corrected chi connectivity index (χ4v) is 7.53. The van der Waals surface area contributed by atoms with E-state index in [0.717, 1.165) is 29.1 Å². The average Bonchev–Trinajstić information content (AvgIpc) is 3.77. The summed E-state index contributed by atoms with van der Waals surface area (Å²) in [5, 5.41) is 18.2. The second kappa shape index (κ2) is 19.0. The summed E-state index contributed by atoms with van der Waals surface area (Å²) in [5.41, 5.74) is 4.79. The summed E-state index contributed by atoms with van der Waals surface area (Å²) in [4.78, 5) is 94.1. The first kappa shape index (κ1) is 42.4. The minimum Gasteiger partial charge on any atom is -0.384 e. The Labute approximate surface area is 341 Å². The molecule has 4 heterocycles. The number of amides is 7. The lowest BCUT2D eigenvalue weighted by atomic mass is 10.0. The number of hydrogen-bond acceptors (Lipinski definition) is 10. The van der Waals surface area contributed by atoms with Crippen LogP contribution in [0.1, 0.15) is 92.1 Å². The van der Waals surface area contributed by atoms with Crippen LogP contribution in [0.25, 0.3) is 11.6 Å². The van der Waals surface area contributed by atoms with Crippen LogP contribution in [0.2, 0.25) is 0 Å². The van der Waals surface area contributed by atoms with Crippen LogP contribution < -0.4 is 31.9 Å². The number of likely N-dealkylation sites (N-methyl/N-ethyl adjacent to an activating group) is 1. The number of aromatic amines is 1. The number of imide groups is 2. The molecule has 3 aromatic rings. The number of nitrogens with zero attached hydrogens (tertiary/aromatic N) is 2. The maximum absolute atomic E-state index is 13.9. The van der Waals surface area contributed by atoms with E-state index < -0.39 is 29.6 Å². The van der Waals surface area contributed by atoms with Gasteiger partial charge < -0.3 is 36.9 Å². The van der Waals surface area contributed by atoms with Crippen molar-refractivity contribution in [2.45, 2.75) is 58.4 Å². The predicted molar refractivity (Wildman–Crippen MR) is 219 cm³/mol. The molecule has 0 saturated carbocycles. The molecule has 16 nitrogen and oxygen atoms in total. The number of aryl methyl sites for hydroxylation is 1. The zero-order chi connectivity index (χ0) is 42.2. The SMILES string of the molecule is Cc1[nH]c(/C=C2\C(=O)Nc3ccc(F)cc32)c(C)c1C(=O)NCCCNCCNCC(=O)NCCCCCNc1cccc2c1C(=O)N(C1CCC(=O)N(C)C1=O)C2=O. The zero-order valence-electron chi connectivity index (χ0n) is 33.4. The summed E-state index contributed by atoms with van der Waals surface area (Å²) in [6.45, 7) is 7.19. The largest absolute Gasteiger partial charge is 0.384 e. The molecule has 1 saturated heterocycles. The summed E-state index contributed by atoms with van der Waals surface area (Å²) >= 11 is 0. The van der Waals surface area contributed by atoms with Crippen molar-refractivity contribution in [3.8, 4) is 0 Å². The van der Waals surface area contributed by atoms with Gasteiger partial charge in [0.25, 0.3) is 29.5 Å². The van der Waals surface area contributed by atoms with Crippen molar-refractivity contribution in [1.82, 2.24) is 36.1 Å². The van der Waals surface area contributed by atoms with E-state index in [9.17, 15) is 38.0 Å². The molecule has 7 N–H and O–H groups in total. The zero-order valence-corrected chi connectivity index (χ0v) is 33.4. The molecule has 312 valence electrons. The van der Waals surface area contributed by atoms with Gasteiger partial charge in [0.15, 0.2) is 0 Å². The van der Waals surface area contributed by atoms with E-state index >= 15 is 0 Å². The van der Waals surface area contributed by atoms with Crippen molar-refractivity contribution in [1.29, 1.82) is 0 Å². The Morgan fingerprint density at radius 1 is 0.864 bits per heavy atom. The number of H-pyrrole nitrogens is 1. The Bertz CT molecular complexity index is 2200. The first-order valence-electron chi connectivity index (χ1n) is 19.9. The lowest BCUT2D eigenvalue weighted by Crippen LogP contribution is -2.54. The highest BCUT2D eigenvalue weighted by atomic mass is 19.1. The van der Waals surface area contributed by atoms with Crippen molar-refractivity contribution < 1.29 is 38.0 Å². The molecule has 1 aromatic heterocycles. The van der Waals surface area contributed by atoms with E-state index in [1.807, 2.05) is 0 Å². The normalized spacial score (nSPS) is 16.8. The number of aromatic nitrogens is 1. The third-order valence-electron chi connectivity index (χ3n) is 10.7. The quantitative estimate of drug-likeness (QED) is 0.0534. The Morgan fingerprint density at radius 2 is 1.63 bits per heavy atom. The number of piperidine rings is 1. The van der Waals surface area contributed by atoms with Gasteiger partial charge >= 0.3 is 0 Å². The third kappa shape index (κ3) is 9.58. The molecule has 3 aliphatic heterocycles. The predicted octanol–water partition coefficient (Wildman–Crippen LogP) is 2.70. The van der Waals surface area contributed by atoms with Gasteiger partial charge in [-0.05, 0) is 94.5 Å². The van der Waals surface area contributed by atoms with Crippen LogP contribution in [0, 0.1) is 19.7 Å². The van der Waals surface area contributed by atoms with Gasteiger partial charge in [0.2, 0.25) is 11.8 Å². The molecule has 0 bridgehead atoms. The van der Waals surface area contributed by atoms with Crippen LogP contribution in [0.5, 0.6) is 0 Å². The number of nitrogens with one attached hydrogen (secondary N) is 7. The van der Waals surface area contributed by atoms with Gasteiger partial charge in [0.1, 0.15) is 11.9 Å². The van der Waals surface area contributed by atoms with Gasteiger partial charge in [-0.2, -0.15) is 0 Å². The topological polar surface area (TPSA) is 214 Å². The van der Waals surface area contributed by atoms with E-state index in [2.05, 4.69) is 36.9 Å². The fourth-order valence-electron chi connectivity index (χ4n) is 7.53. The lowest BCUT2D eigenvalue weighted by Gasteiger charge is -2.32. The monoisotopic (exact) mass is 811 g/mol. The van der Waals surface area contributed by atoms with Gasteiger partial charge in [-0.1, -0.05) is 6.07 Å². The standard InChI is InChI=1S/C42H50FN9O7/c1-24-32(22-29-28-21-26(43)11-12-30(28)50-38(29)55)49-25(2)36(24)39(56)48-18-8-15-44-19-20-45-23-34(53)47-17-6-4-5-16-46-31-10-7-9-27-37(31)42(59)52(40(27)57)33-13-14-35(54)51(3)41(33)58/h7,9-12,21-22,33,44-46,49H,4-6,8,13-20,23H2,1-3H3,(H,47,53)(H,48,56)(H,50,55)/b29-22-. The summed E-state index contributed by atoms with van der Waals surface area (Å²) in [6, 6.07) is 8.10. The molecule has 1 atom stereocenters. The molecule has 6 rings (SSSR count). The van der Waals surface area contributed by atoms with Crippen LogP contribution in [0.3, 0.4) is 0 Å². The molecule has 0 aliphatic carbocycles. The minimum atomic E-state index is -1.00. The summed E-state index contributed by atoms with van der Waals surface area (Å²) in [5.74, 6) is -3.08. The lowest BCUT2D eigenvalue weighted by molar-refractivity contribution is -0.149. The molecule has 17 heteroatoms. The van der Waals surface area contributed by atoms with Gasteiger partial charge in [-0.15, -0.1) is 0 Å². The van der Waals surface area contributed by atoms with E-state index in [-0.39, 0.29) is 54.1 Å². The first-order chi connectivity index (χ1) is 28.4. The minimum absolute atomic E-state index is 0.0826. The maximum Gasteiger partial charge on any atom is 0.264 e. The van der Waals surface area contributed by atoms with Crippen molar-refractivity contribution in [2.24, 2.45) is 0 Å². The van der Waals surface area contributed by atoms with Crippen LogP contribution in [-0.4, -0.2) is 115 Å². The molecule has 59 heavy (non-hydrogen) atoms. The van der Waals surface area contributed by atoms with Crippen molar-refractivity contribution in [3.63, 3.8) is 0 Å². The Hall–Kier alpha value is -6.20. The second-order valence-corrected chi connectivity index (χ2v) is 14.8. The fraction of sp³-hybridized carbons (Fsp3) is 0.405. The molecule has 0 radical (unpaired) electrons. The third-order valence-corrected chi connectivity index (χ3v) is 10.7. The Kier molecular flexibility index (Phi) is 13.7. The van der Waals surface area contributed by atoms with E-state index in [0.29, 0.717) is 90.7 Å². The first-order valence-corrected chi connectivity index (χ1v) is 19.9. The molecular weight excluding hydrogens is 762 g/mol. The second-order valence-electron chi connectivity index (χ2n) is 14.8. The van der Waals surface area contributed by atoms with Gasteiger partial charge in [0.05, 0.1) is 28.8 Å². The number of carbonyl (C=O) groups is 7. The van der Waals surface area contributed by atoms with Gasteiger partial charge in [-0.3, -0.25) is 43.4 Å². The van der Waals surface area contributed by atoms with Gasteiger partial charge in [-0.25, -0.2) is 4.39 Å². The van der Waals surface area contributed by atoms with E-state index in [1.165, 1.54) is 25.2 Å². The summed E-state index contributed by atoms with van der Waals surface area (Å²) in [6.07, 6.45) is 4.87. The van der Waals surface area contributed by atoms with Crippen molar-refractivity contribution in [3.05, 3.63) is 81.4 Å². The number of rotatable bonds is 19. The molecule has 0 spiro atoms. The Balaban J connectivity index is 0.799. The number of anilines is 2. The molecular formula is C42H50FN9O7. The summed E-state index contributed by atoms with van der Waals surface area (Å²) < 4.78 is 13.9. The number of likely N-dealkylation sites (tertiary alicyclic amines) is 1. The number of unbranched alkanes of at least 4 members (excludes halogenated alkanes) is 2. The number of carbonyl (C=O) groups excluding carboxylic acids is 7. The highest BCUT2D eigenvalue weighted by Gasteiger charge is 2.47. The summed E-state index contributed by atoms with van der Waals surface area (Å²) in [7, 11) is 1.36. The number of halogens is 1. The average molecular weight is 812 g/mol. The molecule has 7 amide bonds. The number of benzene rings is 2. The highest BCUT2D eigenvalue weighted by molar-refractivity contribution is 6.35. The van der Waals surface area contributed by atoms with Crippen LogP contribution >= 0.6 is 0 Å². The van der Waals surface area contributed by atoms with Crippen LogP contribution in [0.15, 0.2) is 36.4 Å². The smallest absolute Gasteiger partial charge is 0.264 e. The molecule has 3 aliphatic rings. The van der Waals surface area contributed by atoms with E-state index in [1.54, 1.807) is 38.1 Å². The number of hydrogen-bond donors (Lipinski definition) is 7. The van der Waals surface area contributed by atoms with Crippen molar-refractivity contribution in [2.75, 3.05) is 63.5 Å². The number of fused-ring (bicyclic) bond motifs is 2. The highest BCUT2D eigenvalue weighted by Crippen LogP contribution is 2.35. The van der Waals surface area contributed by atoms with E-state index in [4.69, 9.17) is 0 Å². The van der Waals surface area contributed by atoms with Gasteiger partial charge in [0, 0.05) is 74.5 Å². The molecule has 1 unspecified atom stereocenters. The Morgan fingerprint density at radius 3 is 2.44 bits per heavy atom. The van der Waals surface area contributed by atoms with Crippen LogP contribution in [-0.2, 0) is 19.2 Å². The van der Waals surface area contributed by atoms with Crippen molar-refractivity contribution >= 4 is 64.4 Å². The molecule has 1 fully saturated rings. The van der Waals surface area contributed by atoms with Crippen LogP contribution in [0.4, 0.5) is 15.8 Å².